The van der Waals surface area contributed by atoms with Crippen LogP contribution in [0.4, 0.5) is 0 Å². The number of phenols is 1. The Kier molecular flexibility index (Phi) is 3.11. The van der Waals surface area contributed by atoms with Gasteiger partial charge >= 0.3 is 7.12 Å². The number of hydrogen-bond donors (Lipinski definition) is 3. The minimum absolute atomic E-state index is 0.0815. The van der Waals surface area contributed by atoms with Crippen LogP contribution in [-0.4, -0.2) is 22.3 Å². The van der Waals surface area contributed by atoms with Crippen LogP contribution in [-0.2, 0) is 0 Å². The fourth-order valence-corrected chi connectivity index (χ4v) is 2.94. The number of aromatic hydroxyl groups is 1. The first-order chi connectivity index (χ1) is 11.1. The summed E-state index contributed by atoms with van der Waals surface area (Å²) in [7, 11) is -1.70. The maximum absolute atomic E-state index is 10.0. The topological polar surface area (TPSA) is 73.8 Å². The quantitative estimate of drug-likeness (QED) is 0.498. The van der Waals surface area contributed by atoms with E-state index in [9.17, 15) is 15.2 Å². The zero-order valence-electron chi connectivity index (χ0n) is 12.1. The number of hydrogen-bond acceptors (Lipinski definition) is 4. The van der Waals surface area contributed by atoms with Gasteiger partial charge in [-0.05, 0) is 29.3 Å². The molecule has 0 bridgehead atoms. The summed E-state index contributed by atoms with van der Waals surface area (Å²) in [6.07, 6.45) is 0. The van der Waals surface area contributed by atoms with E-state index in [-0.39, 0.29) is 11.2 Å². The summed E-state index contributed by atoms with van der Waals surface area (Å²) in [6.45, 7) is 0. The van der Waals surface area contributed by atoms with Crippen molar-refractivity contribution in [2.75, 3.05) is 0 Å². The summed E-state index contributed by atoms with van der Waals surface area (Å²) < 4.78 is 5.86. The Bertz CT molecular complexity index is 1020. The molecule has 1 heterocycles. The van der Waals surface area contributed by atoms with E-state index in [1.54, 1.807) is 6.07 Å². The lowest BCUT2D eigenvalue weighted by molar-refractivity contribution is 0.419. The molecule has 112 valence electrons. The summed E-state index contributed by atoms with van der Waals surface area (Å²) in [6, 6.07) is 18.3. The van der Waals surface area contributed by atoms with E-state index in [0.29, 0.717) is 0 Å². The molecule has 4 rings (SSSR count). The molecule has 0 spiro atoms. The molecule has 0 amide bonds. The van der Waals surface area contributed by atoms with Crippen LogP contribution < -0.4 is 5.46 Å². The van der Waals surface area contributed by atoms with E-state index in [1.165, 1.54) is 12.1 Å². The summed E-state index contributed by atoms with van der Waals surface area (Å²) >= 11 is 0. The van der Waals surface area contributed by atoms with Crippen LogP contribution in [0.15, 0.2) is 65.1 Å². The zero-order valence-corrected chi connectivity index (χ0v) is 12.1. The van der Waals surface area contributed by atoms with Crippen molar-refractivity contribution in [3.8, 4) is 16.9 Å². The molecule has 0 fully saturated rings. The first-order valence-corrected chi connectivity index (χ1v) is 7.25. The third-order valence-electron chi connectivity index (χ3n) is 4.02. The molecule has 23 heavy (non-hydrogen) atoms. The van der Waals surface area contributed by atoms with Crippen LogP contribution in [0.5, 0.6) is 5.75 Å². The Balaban J connectivity index is 2.00. The van der Waals surface area contributed by atoms with Gasteiger partial charge in [-0.15, -0.1) is 0 Å². The molecule has 0 radical (unpaired) electrons. The van der Waals surface area contributed by atoms with Crippen molar-refractivity contribution in [2.24, 2.45) is 0 Å². The molecule has 0 atom stereocenters. The predicted octanol–water partition coefficient (Wildman–Crippen LogP) is 2.64. The van der Waals surface area contributed by atoms with E-state index in [2.05, 4.69) is 0 Å². The molecule has 4 nitrogen and oxygen atoms in total. The second-order valence-corrected chi connectivity index (χ2v) is 5.42. The minimum Gasteiger partial charge on any atom is -0.508 e. The molecule has 1 aromatic heterocycles. The van der Waals surface area contributed by atoms with Gasteiger partial charge < -0.3 is 19.6 Å². The second kappa shape index (κ2) is 5.16. The molecule has 3 N–H and O–H groups in total. The molecule has 0 saturated heterocycles. The summed E-state index contributed by atoms with van der Waals surface area (Å²) in [5.41, 5.74) is 3.36. The molecule has 0 aliphatic heterocycles. The molecule has 4 aromatic rings. The Morgan fingerprint density at radius 3 is 2.39 bits per heavy atom. The van der Waals surface area contributed by atoms with E-state index in [0.717, 1.165) is 33.1 Å². The first kappa shape index (κ1) is 13.9. The van der Waals surface area contributed by atoms with Crippen LogP contribution >= 0.6 is 0 Å². The van der Waals surface area contributed by atoms with Crippen molar-refractivity contribution in [3.05, 3.63) is 60.7 Å². The third-order valence-corrected chi connectivity index (χ3v) is 4.02. The molecule has 0 saturated carbocycles. The standard InChI is InChI=1S/C18H13BO4/c20-15-10-11(8-9-14(15)19(21)22)12-5-3-7-17-18(12)13-4-1-2-6-16(13)23-17/h1-10,20-22H. The molecule has 3 aromatic carbocycles. The zero-order chi connectivity index (χ0) is 16.0. The van der Waals surface area contributed by atoms with Gasteiger partial charge in [0.2, 0.25) is 0 Å². The fraction of sp³-hybridized carbons (Fsp3) is 0. The Labute approximate surface area is 132 Å². The summed E-state index contributed by atoms with van der Waals surface area (Å²) in [5, 5.41) is 30.4. The van der Waals surface area contributed by atoms with Crippen molar-refractivity contribution < 1.29 is 19.6 Å². The Morgan fingerprint density at radius 2 is 1.61 bits per heavy atom. The lowest BCUT2D eigenvalue weighted by Crippen LogP contribution is -2.29. The van der Waals surface area contributed by atoms with Gasteiger partial charge in [-0.2, -0.15) is 0 Å². The summed E-state index contributed by atoms with van der Waals surface area (Å²) in [4.78, 5) is 0. The Morgan fingerprint density at radius 1 is 0.826 bits per heavy atom. The molecule has 5 heteroatoms. The van der Waals surface area contributed by atoms with E-state index >= 15 is 0 Å². The van der Waals surface area contributed by atoms with Crippen LogP contribution in [0, 0.1) is 0 Å². The number of benzene rings is 3. The van der Waals surface area contributed by atoms with E-state index < -0.39 is 7.12 Å². The lowest BCUT2D eigenvalue weighted by Gasteiger charge is -2.08. The van der Waals surface area contributed by atoms with Crippen LogP contribution in [0.2, 0.25) is 0 Å². The van der Waals surface area contributed by atoms with Crippen molar-refractivity contribution >= 4 is 34.5 Å². The fourth-order valence-electron chi connectivity index (χ4n) is 2.94. The monoisotopic (exact) mass is 304 g/mol. The van der Waals surface area contributed by atoms with Gasteiger partial charge in [-0.25, -0.2) is 0 Å². The molecular formula is C18H13BO4. The smallest absolute Gasteiger partial charge is 0.492 e. The van der Waals surface area contributed by atoms with Gasteiger partial charge in [-0.3, -0.25) is 0 Å². The maximum atomic E-state index is 10.0. The third kappa shape index (κ3) is 2.18. The molecular weight excluding hydrogens is 291 g/mol. The highest BCUT2D eigenvalue weighted by Gasteiger charge is 2.18. The van der Waals surface area contributed by atoms with E-state index in [4.69, 9.17) is 4.42 Å². The molecule has 0 aliphatic carbocycles. The highest BCUT2D eigenvalue weighted by atomic mass is 16.4. The highest BCUT2D eigenvalue weighted by Crippen LogP contribution is 2.36. The summed E-state index contributed by atoms with van der Waals surface area (Å²) in [5.74, 6) is -0.151. The molecule has 0 aliphatic rings. The van der Waals surface area contributed by atoms with Crippen molar-refractivity contribution in [1.82, 2.24) is 0 Å². The van der Waals surface area contributed by atoms with Gasteiger partial charge in [-0.1, -0.05) is 42.5 Å². The number of phenolic OH excluding ortho intramolecular Hbond substituents is 1. The highest BCUT2D eigenvalue weighted by molar-refractivity contribution is 6.59. The molecule has 0 unspecified atom stereocenters. The van der Waals surface area contributed by atoms with Crippen molar-refractivity contribution in [2.45, 2.75) is 0 Å². The van der Waals surface area contributed by atoms with Gasteiger partial charge in [0.15, 0.2) is 0 Å². The Hall–Kier alpha value is -2.76. The van der Waals surface area contributed by atoms with Crippen molar-refractivity contribution in [3.63, 3.8) is 0 Å². The van der Waals surface area contributed by atoms with Gasteiger partial charge in [0.05, 0.1) is 0 Å². The number of rotatable bonds is 2. The van der Waals surface area contributed by atoms with Gasteiger partial charge in [0.1, 0.15) is 16.9 Å². The SMILES string of the molecule is OB(O)c1ccc(-c2cccc3oc4ccccc4c23)cc1O. The largest absolute Gasteiger partial charge is 0.508 e. The minimum atomic E-state index is -1.70. The van der Waals surface area contributed by atoms with Crippen LogP contribution in [0.3, 0.4) is 0 Å². The predicted molar refractivity (Wildman–Crippen MR) is 90.6 cm³/mol. The lowest BCUT2D eigenvalue weighted by atomic mass is 9.78. The average molecular weight is 304 g/mol. The van der Waals surface area contributed by atoms with E-state index in [1.807, 2.05) is 42.5 Å². The van der Waals surface area contributed by atoms with Crippen LogP contribution in [0.25, 0.3) is 33.1 Å². The van der Waals surface area contributed by atoms with Gasteiger partial charge in [0.25, 0.3) is 0 Å². The average Bonchev–Trinajstić information content (AvgIpc) is 2.93. The van der Waals surface area contributed by atoms with Crippen LogP contribution in [0.1, 0.15) is 0 Å². The number of furan rings is 1. The second-order valence-electron chi connectivity index (χ2n) is 5.42. The maximum Gasteiger partial charge on any atom is 0.492 e. The number of para-hydroxylation sites is 1. The first-order valence-electron chi connectivity index (χ1n) is 7.25. The number of fused-ring (bicyclic) bond motifs is 3. The van der Waals surface area contributed by atoms with Gasteiger partial charge in [0, 0.05) is 16.2 Å². The van der Waals surface area contributed by atoms with Crippen molar-refractivity contribution in [1.29, 1.82) is 0 Å². The normalized spacial score (nSPS) is 11.2.